The molecule has 2 aromatic rings. The predicted molar refractivity (Wildman–Crippen MR) is 86.5 cm³/mol. The summed E-state index contributed by atoms with van der Waals surface area (Å²) >= 11 is 13.3. The van der Waals surface area contributed by atoms with Gasteiger partial charge in [-0.05, 0) is 19.1 Å². The van der Waals surface area contributed by atoms with Gasteiger partial charge in [0.2, 0.25) is 0 Å². The van der Waals surface area contributed by atoms with Gasteiger partial charge in [-0.15, -0.1) is 0 Å². The molecule has 21 heavy (non-hydrogen) atoms. The fourth-order valence-corrected chi connectivity index (χ4v) is 3.24. The summed E-state index contributed by atoms with van der Waals surface area (Å²) in [6, 6.07) is 6.59. The minimum absolute atomic E-state index is 0.258. The van der Waals surface area contributed by atoms with Crippen molar-refractivity contribution in [3.63, 3.8) is 0 Å². The van der Waals surface area contributed by atoms with Crippen LogP contribution in [0.15, 0.2) is 33.0 Å². The lowest BCUT2D eigenvalue weighted by Gasteiger charge is -2.13. The van der Waals surface area contributed by atoms with E-state index in [4.69, 9.17) is 23.2 Å². The molecule has 0 atom stereocenters. The summed E-state index contributed by atoms with van der Waals surface area (Å²) in [5.74, 6) is -0.258. The van der Waals surface area contributed by atoms with Crippen LogP contribution in [0.2, 0.25) is 10.0 Å². The molecule has 2 aromatic carbocycles. The van der Waals surface area contributed by atoms with E-state index in [1.54, 1.807) is 18.2 Å². The van der Waals surface area contributed by atoms with Crippen LogP contribution in [-0.4, -0.2) is 0 Å². The summed E-state index contributed by atoms with van der Waals surface area (Å²) in [7, 11) is 0. The van der Waals surface area contributed by atoms with Gasteiger partial charge in [0, 0.05) is 12.1 Å². The van der Waals surface area contributed by atoms with Gasteiger partial charge in [-0.3, -0.25) is 0 Å². The number of aryl methyl sites for hydroxylation is 1. The number of nitrogens with one attached hydrogen (secondary N) is 1. The molecule has 3 rings (SSSR count). The maximum absolute atomic E-state index is 13.8. The molecule has 0 radical (unpaired) electrons. The zero-order valence-electron chi connectivity index (χ0n) is 11.0. The van der Waals surface area contributed by atoms with Gasteiger partial charge in [-0.25, -0.2) is 4.39 Å². The molecule has 0 aromatic heterocycles. The van der Waals surface area contributed by atoms with Crippen molar-refractivity contribution >= 4 is 51.6 Å². The Balaban J connectivity index is 1.92. The van der Waals surface area contributed by atoms with E-state index in [2.05, 4.69) is 14.0 Å². The van der Waals surface area contributed by atoms with Gasteiger partial charge in [0.15, 0.2) is 0 Å². The molecule has 1 aliphatic rings. The first-order chi connectivity index (χ1) is 10.1. The van der Waals surface area contributed by atoms with Crippen molar-refractivity contribution in [2.75, 3.05) is 5.32 Å². The summed E-state index contributed by atoms with van der Waals surface area (Å²) in [6.07, 6.45) is 0. The molecule has 0 saturated heterocycles. The van der Waals surface area contributed by atoms with E-state index in [9.17, 15) is 4.39 Å². The van der Waals surface area contributed by atoms with Crippen molar-refractivity contribution in [1.29, 1.82) is 0 Å². The van der Waals surface area contributed by atoms with E-state index >= 15 is 0 Å². The molecule has 0 saturated carbocycles. The number of halogens is 3. The van der Waals surface area contributed by atoms with E-state index in [1.165, 1.54) is 6.07 Å². The van der Waals surface area contributed by atoms with Crippen LogP contribution in [0.3, 0.4) is 0 Å². The van der Waals surface area contributed by atoms with Crippen LogP contribution in [0.1, 0.15) is 11.1 Å². The number of nitrogens with zero attached hydrogens (tertiary/aromatic N) is 2. The zero-order chi connectivity index (χ0) is 15.0. The van der Waals surface area contributed by atoms with Crippen molar-refractivity contribution in [1.82, 2.24) is 0 Å². The van der Waals surface area contributed by atoms with Crippen LogP contribution in [-0.2, 0) is 17.9 Å². The fraction of sp³-hybridized carbons (Fsp3) is 0.143. The lowest BCUT2D eigenvalue weighted by atomic mass is 10.1. The summed E-state index contributed by atoms with van der Waals surface area (Å²) < 4.78 is 22.1. The average molecular weight is 342 g/mol. The Hall–Kier alpha value is -1.43. The summed E-state index contributed by atoms with van der Waals surface area (Å²) in [5.41, 5.74) is 3.38. The van der Waals surface area contributed by atoms with E-state index in [1.807, 2.05) is 6.92 Å². The normalized spacial score (nSPS) is 12.2. The predicted octanol–water partition coefficient (Wildman–Crippen LogP) is 5.78. The Labute approximate surface area is 135 Å². The quantitative estimate of drug-likeness (QED) is 0.644. The van der Waals surface area contributed by atoms with Gasteiger partial charge in [-0.1, -0.05) is 40.9 Å². The van der Waals surface area contributed by atoms with Crippen molar-refractivity contribution < 1.29 is 4.39 Å². The van der Waals surface area contributed by atoms with Gasteiger partial charge in [-0.2, -0.15) is 8.73 Å². The smallest absolute Gasteiger partial charge is 0.130 e. The Morgan fingerprint density at radius 2 is 1.90 bits per heavy atom. The number of fused-ring (bicyclic) bond motifs is 1. The van der Waals surface area contributed by atoms with Gasteiger partial charge in [0.05, 0.1) is 27.1 Å². The zero-order valence-corrected chi connectivity index (χ0v) is 13.3. The molecule has 3 nitrogen and oxygen atoms in total. The summed E-state index contributed by atoms with van der Waals surface area (Å²) in [6.45, 7) is 2.22. The number of rotatable bonds is 3. The average Bonchev–Trinajstić information content (AvgIpc) is 2.92. The van der Waals surface area contributed by atoms with E-state index in [0.717, 1.165) is 16.9 Å². The van der Waals surface area contributed by atoms with Crippen LogP contribution in [0, 0.1) is 12.7 Å². The third-order valence-electron chi connectivity index (χ3n) is 3.10. The van der Waals surface area contributed by atoms with Crippen LogP contribution in [0.4, 0.5) is 21.5 Å². The molecule has 1 heterocycles. The second-order valence-electron chi connectivity index (χ2n) is 4.63. The first kappa shape index (κ1) is 14.5. The van der Waals surface area contributed by atoms with Gasteiger partial charge < -0.3 is 5.32 Å². The molecule has 108 valence electrons. The highest BCUT2D eigenvalue weighted by atomic mass is 35.5. The standard InChI is InChI=1S/C14H10Cl2FN3S/c1-7-2-3-11(17)8(4-7)6-18-12-9(15)5-10(16)13-14(12)20-21-19-13/h2-5,18H,6H2,1H3. The number of hydrogen-bond donors (Lipinski definition) is 1. The molecular weight excluding hydrogens is 332 g/mol. The molecule has 0 fully saturated rings. The SMILES string of the molecule is Cc1ccc(F)c(CNc2c(Cl)cc(Cl)c3c2N=S=N3)c1. The second-order valence-corrected chi connectivity index (χ2v) is 5.97. The van der Waals surface area contributed by atoms with Crippen molar-refractivity contribution in [2.24, 2.45) is 8.73 Å². The third-order valence-corrected chi connectivity index (χ3v) is 4.22. The highest BCUT2D eigenvalue weighted by Gasteiger charge is 2.18. The molecule has 0 spiro atoms. The Bertz CT molecular complexity index is 801. The van der Waals surface area contributed by atoms with Crippen molar-refractivity contribution in [3.05, 3.63) is 51.3 Å². The third kappa shape index (κ3) is 2.81. The number of hydrogen-bond acceptors (Lipinski definition) is 3. The highest BCUT2D eigenvalue weighted by Crippen LogP contribution is 2.47. The molecule has 0 amide bonds. The maximum Gasteiger partial charge on any atom is 0.130 e. The molecule has 1 aliphatic heterocycles. The minimum atomic E-state index is -0.258. The van der Waals surface area contributed by atoms with Crippen LogP contribution in [0.5, 0.6) is 0 Å². The Morgan fingerprint density at radius 3 is 2.71 bits per heavy atom. The molecule has 7 heteroatoms. The van der Waals surface area contributed by atoms with Gasteiger partial charge in [0.1, 0.15) is 17.2 Å². The number of anilines is 1. The minimum Gasteiger partial charge on any atom is -0.378 e. The van der Waals surface area contributed by atoms with Crippen molar-refractivity contribution in [3.8, 4) is 0 Å². The highest BCUT2D eigenvalue weighted by molar-refractivity contribution is 7.58. The van der Waals surface area contributed by atoms with Gasteiger partial charge >= 0.3 is 0 Å². The lowest BCUT2D eigenvalue weighted by molar-refractivity contribution is 0.612. The topological polar surface area (TPSA) is 36.8 Å². The van der Waals surface area contributed by atoms with Gasteiger partial charge in [0.25, 0.3) is 0 Å². The number of benzene rings is 2. The fourth-order valence-electron chi connectivity index (χ4n) is 2.06. The van der Waals surface area contributed by atoms with E-state index in [0.29, 0.717) is 39.2 Å². The summed E-state index contributed by atoms with van der Waals surface area (Å²) in [5, 5.41) is 4.02. The molecule has 1 N–H and O–H groups in total. The van der Waals surface area contributed by atoms with Crippen LogP contribution < -0.4 is 5.32 Å². The lowest BCUT2D eigenvalue weighted by Crippen LogP contribution is -2.03. The van der Waals surface area contributed by atoms with Crippen LogP contribution in [0.25, 0.3) is 0 Å². The Kier molecular flexibility index (Phi) is 3.97. The molecule has 0 bridgehead atoms. The first-order valence-electron chi connectivity index (χ1n) is 6.15. The van der Waals surface area contributed by atoms with E-state index < -0.39 is 0 Å². The Morgan fingerprint density at radius 1 is 1.14 bits per heavy atom. The first-order valence-corrected chi connectivity index (χ1v) is 7.64. The van der Waals surface area contributed by atoms with Crippen molar-refractivity contribution in [2.45, 2.75) is 13.5 Å². The van der Waals surface area contributed by atoms with Crippen LogP contribution >= 0.6 is 23.2 Å². The second kappa shape index (κ2) is 5.75. The molecular formula is C14H10Cl2FN3S. The largest absolute Gasteiger partial charge is 0.378 e. The van der Waals surface area contributed by atoms with E-state index in [-0.39, 0.29) is 5.82 Å². The molecule has 0 unspecified atom stereocenters. The molecule has 0 aliphatic carbocycles. The maximum atomic E-state index is 13.8. The summed E-state index contributed by atoms with van der Waals surface area (Å²) in [4.78, 5) is 0. The monoisotopic (exact) mass is 341 g/mol.